The normalized spacial score (nSPS) is 17.4. The molecule has 0 spiro atoms. The number of nitrogens with one attached hydrogen (secondary N) is 1. The van der Waals surface area contributed by atoms with E-state index in [0.29, 0.717) is 12.0 Å². The molecule has 0 bridgehead atoms. The van der Waals surface area contributed by atoms with E-state index in [-0.39, 0.29) is 31.7 Å². The fourth-order valence-corrected chi connectivity index (χ4v) is 4.54. The molecule has 1 heterocycles. The zero-order chi connectivity index (χ0) is 24.9. The number of hydrogen-bond donors (Lipinski definition) is 2. The van der Waals surface area contributed by atoms with E-state index in [0.717, 1.165) is 15.8 Å². The molecule has 0 saturated carbocycles. The third kappa shape index (κ3) is 6.43. The van der Waals surface area contributed by atoms with Crippen molar-refractivity contribution in [3.05, 3.63) is 53.8 Å². The van der Waals surface area contributed by atoms with E-state index in [9.17, 15) is 28.9 Å². The number of halogens is 1. The molecule has 1 fully saturated rings. The molecule has 1 aliphatic heterocycles. The average Bonchev–Trinajstić information content (AvgIpc) is 3.06. The number of nitriles is 1. The van der Waals surface area contributed by atoms with Crippen LogP contribution in [-0.2, 0) is 20.5 Å². The molecule has 2 N–H and O–H groups in total. The third-order valence-electron chi connectivity index (χ3n) is 5.61. The summed E-state index contributed by atoms with van der Waals surface area (Å²) in [6.45, 7) is 3.73. The molecule has 0 radical (unpaired) electrons. The summed E-state index contributed by atoms with van der Waals surface area (Å²) in [6, 6.07) is 12.7. The van der Waals surface area contributed by atoms with Gasteiger partial charge in [0, 0.05) is 24.9 Å². The molecule has 2 atom stereocenters. The summed E-state index contributed by atoms with van der Waals surface area (Å²) in [5, 5.41) is 22.0. The number of carbonyl (C=O) groups is 2. The Labute approximate surface area is 197 Å². The summed E-state index contributed by atoms with van der Waals surface area (Å²) < 4.78 is 32.4. The van der Waals surface area contributed by atoms with Crippen LogP contribution in [0.3, 0.4) is 0 Å². The van der Waals surface area contributed by atoms with Gasteiger partial charge in [-0.05, 0) is 42.5 Å². The Kier molecular flexibility index (Phi) is 8.08. The standard InChI is InChI=1S/C24H27FN3O5P/c1-34(2,32)20-8-6-16(7-9-20)17-4-5-18(21(25)13-17)12-19(14-26)27-23(29)22-15-28(24(30)31)10-3-11-33-22/h4-9,13,19,22H,3,10-12,15H2,1-2H3,(H,27,29)(H,30,31)/t19-,22-/m0/s1. The van der Waals surface area contributed by atoms with E-state index in [1.54, 1.807) is 49.7 Å². The van der Waals surface area contributed by atoms with Gasteiger partial charge in [-0.15, -0.1) is 0 Å². The quantitative estimate of drug-likeness (QED) is 0.605. The first-order chi connectivity index (χ1) is 16.1. The molecule has 0 aromatic heterocycles. The molecule has 0 unspecified atom stereocenters. The highest BCUT2D eigenvalue weighted by molar-refractivity contribution is 7.70. The van der Waals surface area contributed by atoms with Crippen LogP contribution in [0.25, 0.3) is 11.1 Å². The Hall–Kier alpha value is -3.21. The van der Waals surface area contributed by atoms with Gasteiger partial charge in [0.15, 0.2) is 6.10 Å². The highest BCUT2D eigenvalue weighted by Gasteiger charge is 2.29. The fourth-order valence-electron chi connectivity index (χ4n) is 3.68. The predicted octanol–water partition coefficient (Wildman–Crippen LogP) is 3.06. The van der Waals surface area contributed by atoms with Gasteiger partial charge in [0.1, 0.15) is 19.0 Å². The van der Waals surface area contributed by atoms with Gasteiger partial charge < -0.3 is 24.6 Å². The molecular formula is C24H27FN3O5P. The maximum absolute atomic E-state index is 14.8. The van der Waals surface area contributed by atoms with E-state index in [4.69, 9.17) is 4.74 Å². The lowest BCUT2D eigenvalue weighted by Crippen LogP contribution is -2.47. The predicted molar refractivity (Wildman–Crippen MR) is 126 cm³/mol. The smallest absolute Gasteiger partial charge is 0.407 e. The Balaban J connectivity index is 1.68. The molecular weight excluding hydrogens is 460 g/mol. The molecule has 8 nitrogen and oxygen atoms in total. The van der Waals surface area contributed by atoms with E-state index >= 15 is 0 Å². The first-order valence-corrected chi connectivity index (χ1v) is 13.4. The van der Waals surface area contributed by atoms with Crippen molar-refractivity contribution in [2.24, 2.45) is 0 Å². The Morgan fingerprint density at radius 2 is 1.94 bits per heavy atom. The SMILES string of the molecule is CP(C)(=O)c1ccc(-c2ccc(C[C@@H](C#N)NC(=O)[C@@H]3CN(C(=O)O)CCCO3)c(F)c2)cc1. The number of benzene rings is 2. The number of nitrogens with zero attached hydrogens (tertiary/aromatic N) is 2. The highest BCUT2D eigenvalue weighted by atomic mass is 31.2. The first-order valence-electron chi connectivity index (χ1n) is 10.8. The van der Waals surface area contributed by atoms with Crippen molar-refractivity contribution in [2.75, 3.05) is 33.0 Å². The lowest BCUT2D eigenvalue weighted by Gasteiger charge is -2.22. The number of carboxylic acid groups (broad SMARTS) is 1. The third-order valence-corrected chi connectivity index (χ3v) is 7.15. The summed E-state index contributed by atoms with van der Waals surface area (Å²) in [4.78, 5) is 24.9. The van der Waals surface area contributed by atoms with E-state index < -0.39 is 37.1 Å². The van der Waals surface area contributed by atoms with E-state index in [1.807, 2.05) is 6.07 Å². The number of rotatable bonds is 6. The second-order valence-corrected chi connectivity index (χ2v) is 11.8. The van der Waals surface area contributed by atoms with Gasteiger partial charge in [0.2, 0.25) is 0 Å². The van der Waals surface area contributed by atoms with Gasteiger partial charge in [0.05, 0.1) is 12.6 Å². The molecule has 3 rings (SSSR count). The van der Waals surface area contributed by atoms with Crippen LogP contribution in [0.2, 0.25) is 0 Å². The minimum Gasteiger partial charge on any atom is -0.465 e. The van der Waals surface area contributed by atoms with Crippen LogP contribution >= 0.6 is 7.14 Å². The molecule has 1 aliphatic rings. The Morgan fingerprint density at radius 3 is 2.53 bits per heavy atom. The number of amides is 2. The van der Waals surface area contributed by atoms with Crippen LogP contribution in [0, 0.1) is 17.1 Å². The van der Waals surface area contributed by atoms with Gasteiger partial charge in [-0.3, -0.25) is 4.79 Å². The summed E-state index contributed by atoms with van der Waals surface area (Å²) in [6.07, 6.45) is -1.77. The van der Waals surface area contributed by atoms with Crippen LogP contribution in [-0.4, -0.2) is 67.2 Å². The second kappa shape index (κ2) is 10.8. The largest absolute Gasteiger partial charge is 0.465 e. The molecule has 2 amide bonds. The minimum atomic E-state index is -2.38. The van der Waals surface area contributed by atoms with Crippen molar-refractivity contribution in [3.63, 3.8) is 0 Å². The maximum Gasteiger partial charge on any atom is 0.407 e. The van der Waals surface area contributed by atoms with Crippen molar-refractivity contribution < 1.29 is 28.4 Å². The van der Waals surface area contributed by atoms with Crippen LogP contribution in [0.1, 0.15) is 12.0 Å². The molecule has 1 saturated heterocycles. The fraction of sp³-hybridized carbons (Fsp3) is 0.375. The first kappa shape index (κ1) is 25.4. The van der Waals surface area contributed by atoms with Gasteiger partial charge >= 0.3 is 6.09 Å². The van der Waals surface area contributed by atoms with Crippen LogP contribution < -0.4 is 10.6 Å². The number of hydrogen-bond acceptors (Lipinski definition) is 5. The monoisotopic (exact) mass is 487 g/mol. The molecule has 2 aromatic rings. The summed E-state index contributed by atoms with van der Waals surface area (Å²) >= 11 is 0. The van der Waals surface area contributed by atoms with Gasteiger partial charge in [-0.2, -0.15) is 5.26 Å². The molecule has 10 heteroatoms. The van der Waals surface area contributed by atoms with Crippen LogP contribution in [0.4, 0.5) is 9.18 Å². The Bertz CT molecular complexity index is 1140. The van der Waals surface area contributed by atoms with Crippen molar-refractivity contribution in [3.8, 4) is 17.2 Å². The second-order valence-electron chi connectivity index (χ2n) is 8.54. The summed E-state index contributed by atoms with van der Waals surface area (Å²) in [5.74, 6) is -1.13. The van der Waals surface area contributed by atoms with Gasteiger partial charge in [-0.1, -0.05) is 36.4 Å². The molecule has 0 aliphatic carbocycles. The van der Waals surface area contributed by atoms with Crippen LogP contribution in [0.5, 0.6) is 0 Å². The maximum atomic E-state index is 14.8. The lowest BCUT2D eigenvalue weighted by atomic mass is 10.00. The molecule has 180 valence electrons. The number of carbonyl (C=O) groups excluding carboxylic acids is 1. The van der Waals surface area contributed by atoms with Crippen molar-refractivity contribution in [2.45, 2.75) is 25.0 Å². The lowest BCUT2D eigenvalue weighted by molar-refractivity contribution is -0.133. The van der Waals surface area contributed by atoms with Crippen molar-refractivity contribution in [1.82, 2.24) is 10.2 Å². The zero-order valence-electron chi connectivity index (χ0n) is 19.0. The van der Waals surface area contributed by atoms with E-state index in [1.165, 1.54) is 6.07 Å². The summed E-state index contributed by atoms with van der Waals surface area (Å²) in [7, 11) is -2.38. The van der Waals surface area contributed by atoms with Gasteiger partial charge in [0.25, 0.3) is 5.91 Å². The molecule has 2 aromatic carbocycles. The minimum absolute atomic E-state index is 0.0580. The zero-order valence-corrected chi connectivity index (χ0v) is 19.9. The molecule has 34 heavy (non-hydrogen) atoms. The number of ether oxygens (including phenoxy) is 1. The highest BCUT2D eigenvalue weighted by Crippen LogP contribution is 2.35. The van der Waals surface area contributed by atoms with Crippen molar-refractivity contribution in [1.29, 1.82) is 5.26 Å². The Morgan fingerprint density at radius 1 is 1.26 bits per heavy atom. The summed E-state index contributed by atoms with van der Waals surface area (Å²) in [5.41, 5.74) is 1.65. The average molecular weight is 487 g/mol. The topological polar surface area (TPSA) is 120 Å². The van der Waals surface area contributed by atoms with Crippen molar-refractivity contribution >= 4 is 24.4 Å². The van der Waals surface area contributed by atoms with Gasteiger partial charge in [-0.25, -0.2) is 9.18 Å². The van der Waals surface area contributed by atoms with Crippen LogP contribution in [0.15, 0.2) is 42.5 Å². The van der Waals surface area contributed by atoms with E-state index in [2.05, 4.69) is 5.32 Å².